The van der Waals surface area contributed by atoms with E-state index in [-0.39, 0.29) is 35.2 Å². The van der Waals surface area contributed by atoms with Crippen LogP contribution in [0.25, 0.3) is 5.65 Å². The molecule has 13 nitrogen and oxygen atoms in total. The molecule has 2 unspecified atom stereocenters. The summed E-state index contributed by atoms with van der Waals surface area (Å²) in [6.07, 6.45) is 4.56. The second kappa shape index (κ2) is 10.4. The minimum absolute atomic E-state index is 0.0530. The molecule has 5 N–H and O–H groups in total. The van der Waals surface area contributed by atoms with Crippen molar-refractivity contribution in [2.45, 2.75) is 49.9 Å². The van der Waals surface area contributed by atoms with Crippen molar-refractivity contribution in [1.82, 2.24) is 24.5 Å². The number of nitriles is 2. The zero-order valence-electron chi connectivity index (χ0n) is 22.7. The van der Waals surface area contributed by atoms with Crippen LogP contribution < -0.4 is 15.5 Å². The molecule has 4 aliphatic rings. The molecule has 220 valence electrons. The molecule has 2 aromatic heterocycles. The molecule has 0 radical (unpaired) electrons. The zero-order valence-corrected chi connectivity index (χ0v) is 24.3. The number of aromatic nitrogens is 4. The van der Waals surface area contributed by atoms with Crippen LogP contribution in [0.4, 0.5) is 23.1 Å². The van der Waals surface area contributed by atoms with Gasteiger partial charge in [0.15, 0.2) is 17.2 Å². The van der Waals surface area contributed by atoms with Crippen LogP contribution in [-0.2, 0) is 0 Å². The van der Waals surface area contributed by atoms with E-state index in [1.165, 1.54) is 10.7 Å². The van der Waals surface area contributed by atoms with E-state index in [9.17, 15) is 24.7 Å². The highest BCUT2D eigenvalue weighted by Crippen LogP contribution is 2.49. The van der Waals surface area contributed by atoms with Crippen molar-refractivity contribution in [3.05, 3.63) is 34.6 Å². The maximum atomic E-state index is 10.5. The predicted octanol–water partition coefficient (Wildman–Crippen LogP) is 3.23. The lowest BCUT2D eigenvalue weighted by Gasteiger charge is -2.42. The summed E-state index contributed by atoms with van der Waals surface area (Å²) in [7, 11) is -2.73. The van der Waals surface area contributed by atoms with Gasteiger partial charge < -0.3 is 20.6 Å². The fourth-order valence-electron chi connectivity index (χ4n) is 6.65. The molecule has 42 heavy (non-hydrogen) atoms. The van der Waals surface area contributed by atoms with Crippen molar-refractivity contribution in [3.8, 4) is 12.1 Å². The van der Waals surface area contributed by atoms with Crippen LogP contribution in [0.1, 0.15) is 36.9 Å². The Bertz CT molecular complexity index is 1630. The average Bonchev–Trinajstić information content (AvgIpc) is 3.41. The second-order valence-corrected chi connectivity index (χ2v) is 14.3. The summed E-state index contributed by atoms with van der Waals surface area (Å²) in [6, 6.07) is 8.11. The average molecular weight is 611 g/mol. The summed E-state index contributed by atoms with van der Waals surface area (Å²) in [6.45, 7) is 2.23. The molecule has 15 heteroatoms. The molecule has 1 aromatic carbocycles. The Labute approximate surface area is 249 Å². The van der Waals surface area contributed by atoms with Gasteiger partial charge in [0.05, 0.1) is 57.9 Å². The molecule has 7 rings (SSSR count). The monoisotopic (exact) mass is 610 g/mol. The number of hydrogen-bond donors (Lipinski definition) is 5. The number of anilines is 4. The summed E-state index contributed by atoms with van der Waals surface area (Å²) in [4.78, 5) is 13.4. The molecule has 4 fully saturated rings. The SMILES string of the molecule is N#Cc1cc(Nc2nc(NC3CC3)c3ncc(C#N)n3n2)c(Cl)c(N2CCC3C(CCN3[C@@H]3CS(O)(O)C[C@H]3O)C2)c1. The molecule has 0 amide bonds. The van der Waals surface area contributed by atoms with Crippen LogP contribution in [0.2, 0.25) is 5.02 Å². The molecule has 3 aliphatic heterocycles. The van der Waals surface area contributed by atoms with Gasteiger partial charge in [-0.15, -0.1) is 5.10 Å². The Hall–Kier alpha value is -3.37. The number of benzene rings is 1. The fraction of sp³-hybridized carbons (Fsp3) is 0.519. The molecule has 0 bridgehead atoms. The molecule has 3 saturated heterocycles. The van der Waals surface area contributed by atoms with Gasteiger partial charge in [-0.05, 0) is 50.3 Å². The van der Waals surface area contributed by atoms with Gasteiger partial charge >= 0.3 is 0 Å². The van der Waals surface area contributed by atoms with E-state index >= 15 is 0 Å². The second-order valence-electron chi connectivity index (χ2n) is 11.6. The van der Waals surface area contributed by atoms with Crippen molar-refractivity contribution < 1.29 is 14.2 Å². The van der Waals surface area contributed by atoms with Crippen molar-refractivity contribution >= 4 is 51.0 Å². The van der Waals surface area contributed by atoms with Crippen LogP contribution in [-0.4, -0.2) is 94.1 Å². The topological polar surface area (TPSA) is 182 Å². The summed E-state index contributed by atoms with van der Waals surface area (Å²) in [5.74, 6) is 1.34. The van der Waals surface area contributed by atoms with Crippen LogP contribution in [0, 0.1) is 28.6 Å². The van der Waals surface area contributed by atoms with Gasteiger partial charge in [-0.3, -0.25) is 14.0 Å². The molecule has 5 heterocycles. The Kier molecular flexibility index (Phi) is 6.81. The third kappa shape index (κ3) is 4.98. The Morgan fingerprint density at radius 2 is 1.88 bits per heavy atom. The lowest BCUT2D eigenvalue weighted by molar-refractivity contribution is 0.0631. The van der Waals surface area contributed by atoms with Gasteiger partial charge in [-0.25, -0.2) is 4.98 Å². The lowest BCUT2D eigenvalue weighted by Crippen LogP contribution is -2.51. The molecule has 4 atom stereocenters. The first-order valence-electron chi connectivity index (χ1n) is 14.1. The third-order valence-corrected chi connectivity index (χ3v) is 10.9. The molecular formula is C27H31ClN10O3S. The normalized spacial score (nSPS) is 27.8. The Morgan fingerprint density at radius 1 is 1.05 bits per heavy atom. The molecule has 1 saturated carbocycles. The number of aliphatic hydroxyl groups excluding tert-OH is 1. The smallest absolute Gasteiger partial charge is 0.247 e. The third-order valence-electron chi connectivity index (χ3n) is 8.79. The van der Waals surface area contributed by atoms with Gasteiger partial charge in [0.25, 0.3) is 0 Å². The summed E-state index contributed by atoms with van der Waals surface area (Å²) in [5.41, 5.74) is 2.39. The largest absolute Gasteiger partial charge is 0.390 e. The van der Waals surface area contributed by atoms with Crippen molar-refractivity contribution in [1.29, 1.82) is 10.5 Å². The molecule has 3 aromatic rings. The number of rotatable bonds is 6. The highest BCUT2D eigenvalue weighted by Gasteiger charge is 2.47. The number of fused-ring (bicyclic) bond motifs is 2. The lowest BCUT2D eigenvalue weighted by atomic mass is 9.91. The van der Waals surface area contributed by atoms with Crippen molar-refractivity contribution in [2.75, 3.05) is 46.7 Å². The van der Waals surface area contributed by atoms with Crippen LogP contribution in [0.5, 0.6) is 0 Å². The highest BCUT2D eigenvalue weighted by atomic mass is 35.5. The molecular weight excluding hydrogens is 580 g/mol. The first kappa shape index (κ1) is 27.5. The van der Waals surface area contributed by atoms with Gasteiger partial charge in [-0.2, -0.15) is 30.6 Å². The maximum Gasteiger partial charge on any atom is 0.247 e. The van der Waals surface area contributed by atoms with Gasteiger partial charge in [0.1, 0.15) is 6.07 Å². The van der Waals surface area contributed by atoms with E-state index in [0.29, 0.717) is 46.2 Å². The first-order valence-corrected chi connectivity index (χ1v) is 16.3. The summed E-state index contributed by atoms with van der Waals surface area (Å²) < 4.78 is 21.8. The van der Waals surface area contributed by atoms with Gasteiger partial charge in [-0.1, -0.05) is 11.6 Å². The van der Waals surface area contributed by atoms with Crippen LogP contribution in [0.3, 0.4) is 0 Å². The molecule has 0 spiro atoms. The first-order chi connectivity index (χ1) is 20.2. The minimum Gasteiger partial charge on any atom is -0.390 e. The van der Waals surface area contributed by atoms with Crippen LogP contribution >= 0.6 is 22.2 Å². The standard InChI is InChI=1S/C27H31ClN10O3S/c28-24-19(33-27-34-25(32-17-1-2-17)26-31-11-18(10-30)38(26)35-27)7-15(9-29)8-21(24)36-5-4-20-16(12-36)3-6-37(20)22-13-42(40,41)14-23(22)39/h7-8,11,16-17,20,22-23,39-41H,1-6,12-14H2,(H2,32,33,34,35)/t16?,20?,22-,23-/m1/s1. The minimum atomic E-state index is -2.73. The number of halogens is 1. The number of nitrogens with one attached hydrogen (secondary N) is 2. The number of imidazole rings is 1. The Morgan fingerprint density at radius 3 is 2.60 bits per heavy atom. The summed E-state index contributed by atoms with van der Waals surface area (Å²) in [5, 5.41) is 41.4. The zero-order chi connectivity index (χ0) is 29.2. The van der Waals surface area contributed by atoms with E-state index in [2.05, 4.69) is 47.6 Å². The van der Waals surface area contributed by atoms with E-state index in [1.54, 1.807) is 12.1 Å². The van der Waals surface area contributed by atoms with E-state index in [1.807, 2.05) is 0 Å². The van der Waals surface area contributed by atoms with Gasteiger partial charge in [0, 0.05) is 25.2 Å². The number of nitrogens with zero attached hydrogens (tertiary/aromatic N) is 8. The maximum absolute atomic E-state index is 10.5. The van der Waals surface area contributed by atoms with Crippen LogP contribution in [0.15, 0.2) is 18.3 Å². The van der Waals surface area contributed by atoms with E-state index in [0.717, 1.165) is 44.5 Å². The van der Waals surface area contributed by atoms with E-state index in [4.69, 9.17) is 11.6 Å². The van der Waals surface area contributed by atoms with Gasteiger partial charge in [0.2, 0.25) is 5.95 Å². The van der Waals surface area contributed by atoms with Crippen molar-refractivity contribution in [3.63, 3.8) is 0 Å². The summed E-state index contributed by atoms with van der Waals surface area (Å²) >= 11 is 6.98. The Balaban J connectivity index is 1.15. The number of hydrogen-bond acceptors (Lipinski definition) is 12. The van der Waals surface area contributed by atoms with Crippen molar-refractivity contribution in [2.24, 2.45) is 5.92 Å². The number of aliphatic hydroxyl groups is 1. The molecule has 1 aliphatic carbocycles. The highest BCUT2D eigenvalue weighted by molar-refractivity contribution is 8.24. The predicted molar refractivity (Wildman–Crippen MR) is 159 cm³/mol. The number of likely N-dealkylation sites (tertiary alicyclic amines) is 1. The number of piperidine rings is 1. The van der Waals surface area contributed by atoms with E-state index < -0.39 is 16.7 Å². The fourth-order valence-corrected chi connectivity index (χ4v) is 8.79. The quantitative estimate of drug-likeness (QED) is 0.275.